The van der Waals surface area contributed by atoms with E-state index >= 15 is 0 Å². The quantitative estimate of drug-likeness (QED) is 0.226. The van der Waals surface area contributed by atoms with Gasteiger partial charge >= 0.3 is 0 Å². The summed E-state index contributed by atoms with van der Waals surface area (Å²) in [6.07, 6.45) is -13.7. The topological polar surface area (TPSA) is 198 Å². The molecule has 0 saturated carbocycles. The Morgan fingerprint density at radius 1 is 0.846 bits per heavy atom. The highest BCUT2D eigenvalue weighted by Crippen LogP contribution is 2.28. The number of nitrogens with one attached hydrogen (secondary N) is 1. The fourth-order valence-electron chi connectivity index (χ4n) is 2.92. The summed E-state index contributed by atoms with van der Waals surface area (Å²) in [5.41, 5.74) is 0. The number of hydrogen-bond acceptors (Lipinski definition) is 11. The monoisotopic (exact) mass is 383 g/mol. The Labute approximate surface area is 148 Å². The molecule has 0 radical (unpaired) electrons. The lowest BCUT2D eigenvalue weighted by Gasteiger charge is -2.45. The van der Waals surface area contributed by atoms with E-state index in [1.165, 1.54) is 0 Å². The van der Waals surface area contributed by atoms with Crippen molar-refractivity contribution in [3.8, 4) is 0 Å². The summed E-state index contributed by atoms with van der Waals surface area (Å²) in [6, 6.07) is -1.24. The number of amides is 1. The zero-order valence-electron chi connectivity index (χ0n) is 14.0. The molecule has 2 aliphatic heterocycles. The zero-order valence-corrected chi connectivity index (χ0v) is 14.0. The van der Waals surface area contributed by atoms with E-state index < -0.39 is 80.5 Å². The summed E-state index contributed by atoms with van der Waals surface area (Å²) in [5, 5.41) is 70.7. The molecule has 0 aromatic rings. The molecular weight excluding hydrogens is 358 g/mol. The number of carbonyl (C=O) groups excluding carboxylic acids is 1. The standard InChI is InChI=1S/C14H25NO11/c1-4(18)15-7-8(19)5(2-16)24-13(10(7)21)26-14-12(23)11(22)9(20)6(3-17)25-14/h5-14,16-17,19-23H,2-3H2,1H3,(H,15,18)/t5-,6-,7+,8-,9+,10-,11+,12-,13+,14+/m1/s1. The molecule has 0 aromatic heterocycles. The maximum Gasteiger partial charge on any atom is 0.217 e. The Bertz CT molecular complexity index is 478. The van der Waals surface area contributed by atoms with Crippen LogP contribution in [-0.4, -0.2) is 116 Å². The third-order valence-corrected chi connectivity index (χ3v) is 4.37. The van der Waals surface area contributed by atoms with Crippen LogP contribution in [0.25, 0.3) is 0 Å². The van der Waals surface area contributed by atoms with Crippen LogP contribution in [0.2, 0.25) is 0 Å². The molecule has 152 valence electrons. The van der Waals surface area contributed by atoms with Gasteiger partial charge in [0.1, 0.15) is 42.7 Å². The highest BCUT2D eigenvalue weighted by Gasteiger charge is 2.50. The highest BCUT2D eigenvalue weighted by atomic mass is 16.8. The molecule has 8 N–H and O–H groups in total. The van der Waals surface area contributed by atoms with Gasteiger partial charge in [-0.3, -0.25) is 4.79 Å². The lowest BCUT2D eigenvalue weighted by Crippen LogP contribution is -2.66. The van der Waals surface area contributed by atoms with Crippen molar-refractivity contribution in [2.45, 2.75) is 68.3 Å². The molecule has 0 unspecified atom stereocenters. The molecule has 12 nitrogen and oxygen atoms in total. The number of aliphatic hydroxyl groups excluding tert-OH is 7. The maximum absolute atomic E-state index is 11.3. The van der Waals surface area contributed by atoms with Crippen LogP contribution < -0.4 is 5.32 Å². The van der Waals surface area contributed by atoms with Crippen molar-refractivity contribution in [3.05, 3.63) is 0 Å². The van der Waals surface area contributed by atoms with E-state index in [2.05, 4.69) is 5.32 Å². The molecular formula is C14H25NO11. The van der Waals surface area contributed by atoms with Crippen molar-refractivity contribution in [2.24, 2.45) is 0 Å². The van der Waals surface area contributed by atoms with Crippen molar-refractivity contribution in [3.63, 3.8) is 0 Å². The lowest BCUT2D eigenvalue weighted by molar-refractivity contribution is -0.369. The van der Waals surface area contributed by atoms with Crippen LogP contribution in [0, 0.1) is 0 Å². The first-order chi connectivity index (χ1) is 12.2. The first-order valence-corrected chi connectivity index (χ1v) is 8.06. The van der Waals surface area contributed by atoms with Crippen LogP contribution in [0.3, 0.4) is 0 Å². The van der Waals surface area contributed by atoms with Gasteiger partial charge in [-0.15, -0.1) is 0 Å². The smallest absolute Gasteiger partial charge is 0.217 e. The first kappa shape index (κ1) is 21.4. The van der Waals surface area contributed by atoms with E-state index in [-0.39, 0.29) is 0 Å². The Balaban J connectivity index is 2.14. The number of aliphatic hydroxyl groups is 7. The van der Waals surface area contributed by atoms with E-state index in [0.717, 1.165) is 6.92 Å². The van der Waals surface area contributed by atoms with Gasteiger partial charge in [-0.25, -0.2) is 0 Å². The zero-order chi connectivity index (χ0) is 19.6. The number of carbonyl (C=O) groups is 1. The number of hydrogen-bond donors (Lipinski definition) is 8. The first-order valence-electron chi connectivity index (χ1n) is 8.06. The van der Waals surface area contributed by atoms with Gasteiger partial charge in [0.2, 0.25) is 5.91 Å². The van der Waals surface area contributed by atoms with Crippen molar-refractivity contribution >= 4 is 5.91 Å². The molecule has 0 bridgehead atoms. The normalized spacial score (nSPS) is 46.8. The van der Waals surface area contributed by atoms with E-state index in [1.807, 2.05) is 0 Å². The molecule has 26 heavy (non-hydrogen) atoms. The van der Waals surface area contributed by atoms with Crippen LogP contribution in [0.5, 0.6) is 0 Å². The second kappa shape index (κ2) is 8.84. The molecule has 2 saturated heterocycles. The highest BCUT2D eigenvalue weighted by molar-refractivity contribution is 5.73. The molecule has 2 fully saturated rings. The number of ether oxygens (including phenoxy) is 3. The van der Waals surface area contributed by atoms with Gasteiger partial charge in [-0.2, -0.15) is 0 Å². The Morgan fingerprint density at radius 2 is 1.35 bits per heavy atom. The minimum atomic E-state index is -1.73. The van der Waals surface area contributed by atoms with E-state index in [0.29, 0.717) is 0 Å². The van der Waals surface area contributed by atoms with Crippen LogP contribution in [-0.2, 0) is 19.0 Å². The molecule has 2 rings (SSSR count). The molecule has 12 heteroatoms. The van der Waals surface area contributed by atoms with Crippen molar-refractivity contribution in [2.75, 3.05) is 13.2 Å². The Morgan fingerprint density at radius 3 is 1.85 bits per heavy atom. The summed E-state index contributed by atoms with van der Waals surface area (Å²) >= 11 is 0. The molecule has 1 amide bonds. The molecule has 0 aliphatic carbocycles. The summed E-state index contributed by atoms with van der Waals surface area (Å²) in [5.74, 6) is -0.557. The van der Waals surface area contributed by atoms with E-state index in [9.17, 15) is 35.4 Å². The van der Waals surface area contributed by atoms with Crippen LogP contribution >= 0.6 is 0 Å². The molecule has 2 aliphatic rings. The van der Waals surface area contributed by atoms with Crippen LogP contribution in [0.15, 0.2) is 0 Å². The summed E-state index contributed by atoms with van der Waals surface area (Å²) in [6.45, 7) is -0.166. The van der Waals surface area contributed by atoms with Gasteiger partial charge < -0.3 is 55.3 Å². The van der Waals surface area contributed by atoms with Gasteiger partial charge in [0.05, 0.1) is 19.3 Å². The van der Waals surface area contributed by atoms with E-state index in [4.69, 9.17) is 19.3 Å². The van der Waals surface area contributed by atoms with E-state index in [1.54, 1.807) is 0 Å². The SMILES string of the molecule is CC(=O)N[C@@H]1[C@@H](O)[C@H](O[C@@H]2O[C@H](CO)[C@H](O)[C@H](O)[C@H]2O)O[C@H](CO)[C@H]1O. The number of rotatable bonds is 5. The third-order valence-electron chi connectivity index (χ3n) is 4.37. The predicted octanol–water partition coefficient (Wildman–Crippen LogP) is -5.25. The minimum absolute atomic E-state index is 0.557. The fraction of sp³-hybridized carbons (Fsp3) is 0.929. The minimum Gasteiger partial charge on any atom is -0.394 e. The second-order valence-corrected chi connectivity index (χ2v) is 6.27. The van der Waals surface area contributed by atoms with Crippen molar-refractivity contribution in [1.82, 2.24) is 5.32 Å². The Kier molecular flexibility index (Phi) is 7.27. The molecule has 0 aromatic carbocycles. The maximum atomic E-state index is 11.3. The average Bonchev–Trinajstić information content (AvgIpc) is 2.60. The summed E-state index contributed by atoms with van der Waals surface area (Å²) in [4.78, 5) is 11.3. The fourth-order valence-corrected chi connectivity index (χ4v) is 2.92. The van der Waals surface area contributed by atoms with Gasteiger partial charge in [-0.1, -0.05) is 0 Å². The summed E-state index contributed by atoms with van der Waals surface area (Å²) in [7, 11) is 0. The largest absolute Gasteiger partial charge is 0.394 e. The van der Waals surface area contributed by atoms with Crippen molar-refractivity contribution in [1.29, 1.82) is 0 Å². The Hall–Kier alpha value is -0.930. The van der Waals surface area contributed by atoms with Crippen LogP contribution in [0.4, 0.5) is 0 Å². The van der Waals surface area contributed by atoms with Gasteiger partial charge in [0.25, 0.3) is 0 Å². The molecule has 10 atom stereocenters. The van der Waals surface area contributed by atoms with Gasteiger partial charge in [0.15, 0.2) is 12.6 Å². The van der Waals surface area contributed by atoms with Crippen molar-refractivity contribution < 1.29 is 54.8 Å². The predicted molar refractivity (Wildman–Crippen MR) is 80.2 cm³/mol. The lowest BCUT2D eigenvalue weighted by atomic mass is 9.96. The molecule has 2 heterocycles. The average molecular weight is 383 g/mol. The molecule has 0 spiro atoms. The second-order valence-electron chi connectivity index (χ2n) is 6.27. The van der Waals surface area contributed by atoms with Gasteiger partial charge in [0, 0.05) is 6.92 Å². The van der Waals surface area contributed by atoms with Crippen LogP contribution in [0.1, 0.15) is 6.92 Å². The summed E-state index contributed by atoms with van der Waals surface area (Å²) < 4.78 is 15.7. The third kappa shape index (κ3) is 4.31. The van der Waals surface area contributed by atoms with Gasteiger partial charge in [-0.05, 0) is 0 Å².